The summed E-state index contributed by atoms with van der Waals surface area (Å²) in [4.78, 5) is 0. The minimum Gasteiger partial charge on any atom is -0.459 e. The smallest absolute Gasteiger partial charge is 0.233 e. The predicted octanol–water partition coefficient (Wildman–Crippen LogP) is 9.25. The highest BCUT2D eigenvalue weighted by Crippen LogP contribution is 2.53. The van der Waals surface area contributed by atoms with Gasteiger partial charge in [0.25, 0.3) is 0 Å². The van der Waals surface area contributed by atoms with Crippen molar-refractivity contribution in [3.8, 4) is 11.5 Å². The van der Waals surface area contributed by atoms with Crippen molar-refractivity contribution in [2.45, 2.75) is 130 Å². The number of benzene rings is 2. The fourth-order valence-electron chi connectivity index (χ4n) is 5.26. The van der Waals surface area contributed by atoms with Gasteiger partial charge in [0, 0.05) is 11.1 Å². The van der Waals surface area contributed by atoms with Crippen molar-refractivity contribution < 1.29 is 14.2 Å². The molecule has 0 saturated carbocycles. The number of hydrogen-bond acceptors (Lipinski definition) is 3. The maximum absolute atomic E-state index is 6.71. The molecule has 0 saturated heterocycles. The lowest BCUT2D eigenvalue weighted by atomic mass is 9.81. The Bertz CT molecular complexity index is 955. The molecule has 0 fully saturated rings. The molecule has 2 aromatic rings. The summed E-state index contributed by atoms with van der Waals surface area (Å²) < 4.78 is 19.9. The number of ether oxygens (including phenoxy) is 3. The van der Waals surface area contributed by atoms with Gasteiger partial charge in [0.1, 0.15) is 11.5 Å². The first-order valence-electron chi connectivity index (χ1n) is 13.9. The molecule has 0 spiro atoms. The Morgan fingerprint density at radius 1 is 0.600 bits per heavy atom. The molecule has 2 aliphatic rings. The topological polar surface area (TPSA) is 27.7 Å². The van der Waals surface area contributed by atoms with Crippen molar-refractivity contribution in [1.29, 1.82) is 0 Å². The Morgan fingerprint density at radius 3 is 1.34 bits per heavy atom. The fraction of sp³-hybridized carbons (Fsp3) is 0.625. The van der Waals surface area contributed by atoms with E-state index >= 15 is 0 Å². The quantitative estimate of drug-likeness (QED) is 0.354. The molecule has 2 heterocycles. The summed E-state index contributed by atoms with van der Waals surface area (Å²) in [5.74, 6) is 1.91. The summed E-state index contributed by atoms with van der Waals surface area (Å²) in [6.45, 7) is 18.1. The van der Waals surface area contributed by atoms with E-state index in [-0.39, 0.29) is 10.8 Å². The Morgan fingerprint density at radius 2 is 1.00 bits per heavy atom. The van der Waals surface area contributed by atoms with Crippen LogP contribution in [-0.4, -0.2) is 0 Å². The van der Waals surface area contributed by atoms with Gasteiger partial charge in [-0.2, -0.15) is 0 Å². The highest BCUT2D eigenvalue weighted by atomic mass is 16.8. The van der Waals surface area contributed by atoms with Crippen LogP contribution >= 0.6 is 0 Å². The van der Waals surface area contributed by atoms with Gasteiger partial charge in [-0.1, -0.05) is 93.2 Å². The van der Waals surface area contributed by atoms with Gasteiger partial charge in [-0.15, -0.1) is 0 Å². The summed E-state index contributed by atoms with van der Waals surface area (Å²) in [5.41, 5.74) is 7.23. The number of unbranched alkanes of at least 4 members (excludes halogenated alkanes) is 4. The molecule has 0 aliphatic carbocycles. The normalized spacial score (nSPS) is 19.0. The van der Waals surface area contributed by atoms with Crippen LogP contribution in [0.1, 0.15) is 140 Å². The molecule has 0 radical (unpaired) electrons. The first-order valence-corrected chi connectivity index (χ1v) is 13.9. The highest BCUT2D eigenvalue weighted by molar-refractivity contribution is 5.55. The molecule has 3 heteroatoms. The van der Waals surface area contributed by atoms with Gasteiger partial charge in [0.2, 0.25) is 12.6 Å². The molecule has 2 atom stereocenters. The van der Waals surface area contributed by atoms with Gasteiger partial charge >= 0.3 is 0 Å². The maximum atomic E-state index is 6.71. The molecule has 4 rings (SSSR count). The van der Waals surface area contributed by atoms with Crippen molar-refractivity contribution in [1.82, 2.24) is 0 Å². The molecule has 0 aromatic heterocycles. The summed E-state index contributed by atoms with van der Waals surface area (Å²) >= 11 is 0. The zero-order chi connectivity index (χ0) is 25.4. The van der Waals surface area contributed by atoms with E-state index in [0.717, 1.165) is 35.5 Å². The van der Waals surface area contributed by atoms with E-state index < -0.39 is 12.6 Å². The van der Waals surface area contributed by atoms with Crippen LogP contribution in [-0.2, 0) is 28.4 Å². The third kappa shape index (κ3) is 5.56. The van der Waals surface area contributed by atoms with Gasteiger partial charge in [0.05, 0.1) is 11.1 Å². The standard InChI is InChI=1S/C32H46O3/c1-9-11-13-15-21-17-23-27(25(19-21)31(3,4)5)33-30-24-18-22(16-14-12-10-2)20-26(32(6,7)8)28(24)34-29(23)35-30/h17-20,29-30H,9-16H2,1-8H3. The third-order valence-corrected chi connectivity index (χ3v) is 7.31. The summed E-state index contributed by atoms with van der Waals surface area (Å²) in [5, 5.41) is 0. The molecule has 2 unspecified atom stereocenters. The minimum atomic E-state index is -0.435. The first kappa shape index (κ1) is 26.1. The zero-order valence-electron chi connectivity index (χ0n) is 23.3. The van der Waals surface area contributed by atoms with Crippen LogP contribution in [0.5, 0.6) is 11.5 Å². The van der Waals surface area contributed by atoms with Crippen molar-refractivity contribution in [2.24, 2.45) is 0 Å². The summed E-state index contributed by atoms with van der Waals surface area (Å²) in [6, 6.07) is 9.25. The second-order valence-corrected chi connectivity index (χ2v) is 12.6. The van der Waals surface area contributed by atoms with E-state index in [4.69, 9.17) is 14.2 Å². The molecule has 3 nitrogen and oxygen atoms in total. The van der Waals surface area contributed by atoms with E-state index in [1.54, 1.807) is 0 Å². The number of aryl methyl sites for hydroxylation is 2. The van der Waals surface area contributed by atoms with Gasteiger partial charge in [-0.25, -0.2) is 0 Å². The second kappa shape index (κ2) is 10.2. The lowest BCUT2D eigenvalue weighted by Crippen LogP contribution is -2.33. The van der Waals surface area contributed by atoms with Crippen LogP contribution in [0.4, 0.5) is 0 Å². The van der Waals surface area contributed by atoms with E-state index in [2.05, 4.69) is 79.7 Å². The molecule has 0 amide bonds. The van der Waals surface area contributed by atoms with Crippen molar-refractivity contribution >= 4 is 0 Å². The van der Waals surface area contributed by atoms with Crippen molar-refractivity contribution in [3.63, 3.8) is 0 Å². The van der Waals surface area contributed by atoms with Gasteiger partial charge in [-0.05, 0) is 59.8 Å². The molecule has 2 aliphatic heterocycles. The number of hydrogen-bond donors (Lipinski definition) is 0. The Balaban J connectivity index is 1.77. The van der Waals surface area contributed by atoms with Crippen LogP contribution in [0.25, 0.3) is 0 Å². The van der Waals surface area contributed by atoms with Gasteiger partial charge in [-0.3, -0.25) is 4.74 Å². The van der Waals surface area contributed by atoms with Crippen LogP contribution in [0, 0.1) is 0 Å². The van der Waals surface area contributed by atoms with Crippen molar-refractivity contribution in [2.75, 3.05) is 0 Å². The Kier molecular flexibility index (Phi) is 7.57. The number of rotatable bonds is 8. The van der Waals surface area contributed by atoms with E-state index in [1.165, 1.54) is 60.8 Å². The lowest BCUT2D eigenvalue weighted by Gasteiger charge is -2.42. The third-order valence-electron chi connectivity index (χ3n) is 7.31. The maximum Gasteiger partial charge on any atom is 0.233 e. The summed E-state index contributed by atoms with van der Waals surface area (Å²) in [6.07, 6.45) is 8.63. The van der Waals surface area contributed by atoms with Crippen LogP contribution in [0.3, 0.4) is 0 Å². The largest absolute Gasteiger partial charge is 0.459 e. The monoisotopic (exact) mass is 478 g/mol. The Hall–Kier alpha value is -2.00. The molecule has 2 bridgehead atoms. The van der Waals surface area contributed by atoms with E-state index in [0.29, 0.717) is 0 Å². The first-order chi connectivity index (χ1) is 16.5. The molecular weight excluding hydrogens is 432 g/mol. The minimum absolute atomic E-state index is 0.0299. The predicted molar refractivity (Wildman–Crippen MR) is 145 cm³/mol. The lowest BCUT2D eigenvalue weighted by molar-refractivity contribution is -0.228. The van der Waals surface area contributed by atoms with E-state index in [9.17, 15) is 0 Å². The molecular formula is C32H46O3. The zero-order valence-corrected chi connectivity index (χ0v) is 23.3. The van der Waals surface area contributed by atoms with Crippen LogP contribution < -0.4 is 9.47 Å². The van der Waals surface area contributed by atoms with Crippen molar-refractivity contribution in [3.05, 3.63) is 57.6 Å². The second-order valence-electron chi connectivity index (χ2n) is 12.6. The molecule has 0 N–H and O–H groups in total. The highest BCUT2D eigenvalue weighted by Gasteiger charge is 2.42. The van der Waals surface area contributed by atoms with Gasteiger partial charge in [0.15, 0.2) is 0 Å². The number of fused-ring (bicyclic) bond motifs is 6. The van der Waals surface area contributed by atoms with Crippen LogP contribution in [0.15, 0.2) is 24.3 Å². The molecule has 192 valence electrons. The van der Waals surface area contributed by atoms with E-state index in [1.807, 2.05) is 0 Å². The van der Waals surface area contributed by atoms with Crippen LogP contribution in [0.2, 0.25) is 0 Å². The average molecular weight is 479 g/mol. The average Bonchev–Trinajstić information content (AvgIpc) is 2.78. The molecule has 2 aromatic carbocycles. The summed E-state index contributed by atoms with van der Waals surface area (Å²) in [7, 11) is 0. The van der Waals surface area contributed by atoms with Gasteiger partial charge < -0.3 is 9.47 Å². The Labute approximate surface area is 213 Å². The SMILES string of the molecule is CCCCCc1cc2c(c(C(C)(C)C)c1)OC1OC2Oc2c1cc(CCCCC)cc2C(C)(C)C. The molecule has 35 heavy (non-hydrogen) atoms. The fourth-order valence-corrected chi connectivity index (χ4v) is 5.26.